The van der Waals surface area contributed by atoms with Crippen molar-refractivity contribution in [1.82, 2.24) is 0 Å². The second-order valence-corrected chi connectivity index (χ2v) is 46.0. The molecule has 4 heterocycles. The van der Waals surface area contributed by atoms with E-state index in [9.17, 15) is 19.0 Å². The Hall–Kier alpha value is -1.04. The summed E-state index contributed by atoms with van der Waals surface area (Å²) in [4.78, 5) is 14.6. The van der Waals surface area contributed by atoms with Gasteiger partial charge in [-0.25, -0.2) is 0 Å². The normalized spacial score (nSPS) is 33.1. The maximum atomic E-state index is 14.6. The molecule has 1 aliphatic carbocycles. The van der Waals surface area contributed by atoms with Gasteiger partial charge < -0.3 is 46.8 Å². The minimum absolute atomic E-state index is 0.0192. The first kappa shape index (κ1) is 71.7. The highest BCUT2D eigenvalue weighted by Gasteiger charge is 2.58. The van der Waals surface area contributed by atoms with Gasteiger partial charge in [0.1, 0.15) is 6.10 Å². The van der Waals surface area contributed by atoms with Crippen molar-refractivity contribution in [2.24, 2.45) is 23.7 Å². The number of carbonyl (C=O) groups excluding carboxylic acids is 1. The summed E-state index contributed by atoms with van der Waals surface area (Å²) in [7, 11) is -5.85. The number of hydrogen-bond acceptors (Lipinski definition) is 13. The van der Waals surface area contributed by atoms with E-state index in [4.69, 9.17) is 41.7 Å². The van der Waals surface area contributed by atoms with Crippen LogP contribution in [-0.2, 0) is 55.6 Å². The summed E-state index contributed by atoms with van der Waals surface area (Å²) in [5.74, 6) is -0.120. The quantitative estimate of drug-likeness (QED) is 0.0273. The van der Waals surface area contributed by atoms with Crippen molar-refractivity contribution in [3.8, 4) is 0 Å². The molecule has 0 aromatic carbocycles. The zero-order valence-electron chi connectivity index (χ0n) is 54.7. The van der Waals surface area contributed by atoms with Crippen molar-refractivity contribution in [2.45, 2.75) is 319 Å². The summed E-state index contributed by atoms with van der Waals surface area (Å²) in [6.07, 6.45) is 8.43. The van der Waals surface area contributed by atoms with Gasteiger partial charge in [0.2, 0.25) is 0 Å². The van der Waals surface area contributed by atoms with E-state index in [0.29, 0.717) is 44.2 Å². The third-order valence-electron chi connectivity index (χ3n) is 20.6. The maximum Gasteiger partial charge on any atom is 0.308 e. The minimum atomic E-state index is -2.53. The Bertz CT molecular complexity index is 2180. The predicted molar refractivity (Wildman–Crippen MR) is 339 cm³/mol. The molecule has 470 valence electrons. The van der Waals surface area contributed by atoms with Crippen LogP contribution in [0, 0.1) is 23.7 Å². The van der Waals surface area contributed by atoms with Gasteiger partial charge in [-0.2, -0.15) is 0 Å². The van der Waals surface area contributed by atoms with Gasteiger partial charge >= 0.3 is 5.97 Å². The molecule has 0 aromatic rings. The van der Waals surface area contributed by atoms with Crippen LogP contribution in [0.3, 0.4) is 0 Å². The topological polar surface area (TPSA) is 155 Å². The molecule has 4 unspecified atom stereocenters. The van der Waals surface area contributed by atoms with E-state index < -0.39 is 67.7 Å². The van der Waals surface area contributed by atoms with Crippen molar-refractivity contribution < 1.29 is 60.7 Å². The minimum Gasteiger partial charge on any atom is -0.459 e. The van der Waals surface area contributed by atoms with Gasteiger partial charge in [0, 0.05) is 31.5 Å². The lowest BCUT2D eigenvalue weighted by molar-refractivity contribution is -0.253. The van der Waals surface area contributed by atoms with Gasteiger partial charge in [0.05, 0.1) is 91.4 Å². The second-order valence-electron chi connectivity index (χ2n) is 30.2. The predicted octanol–water partition coefficient (Wildman–Crippen LogP) is 15.9. The Morgan fingerprint density at radius 2 is 1.43 bits per heavy atom. The number of ether oxygens (including phenoxy) is 6. The van der Waals surface area contributed by atoms with Crippen LogP contribution >= 0.6 is 16.9 Å². The average Bonchev–Trinajstić information content (AvgIpc) is 3.27. The number of aliphatic hydroxyl groups is 1. The molecular weight excluding hydrogens is 1120 g/mol. The number of rotatable bonds is 27. The summed E-state index contributed by atoms with van der Waals surface area (Å²) in [5.41, 5.74) is 5.09. The molecule has 5 rings (SSSR count). The van der Waals surface area contributed by atoms with E-state index in [1.807, 2.05) is 13.0 Å². The summed E-state index contributed by atoms with van der Waals surface area (Å²) < 4.78 is 86.7. The van der Waals surface area contributed by atoms with E-state index >= 15 is 0 Å². The molecule has 4 aliphatic heterocycles. The Balaban J connectivity index is 1.45. The molecule has 1 N–H and O–H groups in total. The molecule has 0 aromatic heterocycles. The van der Waals surface area contributed by atoms with Crippen LogP contribution in [-0.4, -0.2) is 140 Å². The lowest BCUT2D eigenvalue weighted by Crippen LogP contribution is -2.65. The van der Waals surface area contributed by atoms with Crippen molar-refractivity contribution in [2.75, 3.05) is 13.3 Å². The first-order valence-electron chi connectivity index (χ1n) is 31.3. The van der Waals surface area contributed by atoms with Gasteiger partial charge in [-0.15, -0.1) is 5.73 Å². The zero-order valence-corrected chi connectivity index (χ0v) is 59.5. The monoisotopic (exact) mass is 1240 g/mol. The van der Waals surface area contributed by atoms with Gasteiger partial charge in [0.15, 0.2) is 41.9 Å². The molecular formula is C64H114O13P2Si3. The number of allylic oxidation sites excluding steroid dienone is 1. The number of aliphatic hydroxyl groups excluding tert-OH is 1. The van der Waals surface area contributed by atoms with E-state index in [2.05, 4.69) is 147 Å². The lowest BCUT2D eigenvalue weighted by Gasteiger charge is -2.56. The molecule has 0 bridgehead atoms. The van der Waals surface area contributed by atoms with E-state index in [0.717, 1.165) is 50.5 Å². The molecule has 0 amide bonds. The maximum absolute atomic E-state index is 14.6. The lowest BCUT2D eigenvalue weighted by atomic mass is 9.70. The van der Waals surface area contributed by atoms with Crippen LogP contribution in [0.5, 0.6) is 0 Å². The smallest absolute Gasteiger partial charge is 0.308 e. The summed E-state index contributed by atoms with van der Waals surface area (Å²) in [5, 5.41) is 11.6. The molecule has 5 aliphatic rings. The zero-order chi connectivity index (χ0) is 61.5. The second kappa shape index (κ2) is 30.0. The average molecular weight is 1240 g/mol. The fourth-order valence-corrected chi connectivity index (χ4v) is 17.1. The third-order valence-corrected chi connectivity index (χ3v) is 35.2. The van der Waals surface area contributed by atoms with Gasteiger partial charge in [-0.1, -0.05) is 101 Å². The van der Waals surface area contributed by atoms with E-state index in [1.54, 1.807) is 7.11 Å². The number of esters is 1. The van der Waals surface area contributed by atoms with Crippen molar-refractivity contribution in [1.29, 1.82) is 0 Å². The Kier molecular flexibility index (Phi) is 26.2. The van der Waals surface area contributed by atoms with Crippen LogP contribution < -0.4 is 0 Å². The molecule has 18 heteroatoms. The van der Waals surface area contributed by atoms with Crippen LogP contribution in [0.1, 0.15) is 173 Å². The molecule has 1 saturated carbocycles. The van der Waals surface area contributed by atoms with Gasteiger partial charge in [-0.05, 0) is 162 Å². The van der Waals surface area contributed by atoms with Crippen LogP contribution in [0.2, 0.25) is 54.4 Å². The Morgan fingerprint density at radius 3 is 2.01 bits per heavy atom. The Morgan fingerprint density at radius 1 is 0.793 bits per heavy atom. The highest BCUT2D eigenvalue weighted by Crippen LogP contribution is 2.51. The first-order valence-corrected chi connectivity index (χ1v) is 41.9. The fourth-order valence-electron chi connectivity index (χ4n) is 12.2. The molecule has 0 radical (unpaired) electrons. The van der Waals surface area contributed by atoms with Crippen LogP contribution in [0.25, 0.3) is 0 Å². The number of hydrogen-bond donors (Lipinski definition) is 1. The first-order chi connectivity index (χ1) is 38.0. The Labute approximate surface area is 504 Å². The highest BCUT2D eigenvalue weighted by molar-refractivity contribution is 7.25. The highest BCUT2D eigenvalue weighted by atomic mass is 31.1. The molecule has 0 spiro atoms. The summed E-state index contributed by atoms with van der Waals surface area (Å²) in [6, 6.07) is 0. The molecule has 13 nitrogen and oxygen atoms in total. The SMILES string of the molecule is C=C=C(C)C[C@@H](C)CC[C@@H]1OC(CCC(O)/C=C/[C@H](O[Si](C)(C)C(C)(C)C)[C@@H]2C[C@H]3CCC(CC(=O)O[C@@H]4[C@@H](C)[C@@H]5O[C@H](CCP=O)[C@H](P=O)C[C@@H]5O[C@H]4CC(C)OC)O[C@@H]3[C@H](O[Si](C)(C)C(C)(C)C)[C@@H]2O[Si](C)(C)C(C)(C)C)CC1=C. The van der Waals surface area contributed by atoms with E-state index in [1.165, 1.54) is 5.57 Å². The molecule has 82 heavy (non-hydrogen) atoms. The number of fused-ring (bicyclic) bond motifs is 2. The van der Waals surface area contributed by atoms with Gasteiger partial charge in [0.25, 0.3) is 0 Å². The van der Waals surface area contributed by atoms with Crippen LogP contribution in [0.15, 0.2) is 42.2 Å². The largest absolute Gasteiger partial charge is 0.459 e. The van der Waals surface area contributed by atoms with Crippen molar-refractivity contribution >= 4 is 47.8 Å². The number of carbonyl (C=O) groups is 1. The van der Waals surface area contributed by atoms with Crippen LogP contribution in [0.4, 0.5) is 0 Å². The molecule has 5 fully saturated rings. The van der Waals surface area contributed by atoms with Crippen molar-refractivity contribution in [3.63, 3.8) is 0 Å². The standard InChI is InChI=1S/C64H114O13P2Si3/c1-23-40(2)34-41(3)24-30-50-42(4)35-47(70-50)29-26-46(65)27-31-51(75-80(17,18)62(7,8)9)49-37-45-25-28-48(71-59(45)61(77-82(21,22)64(13,14)15)60(49)76-81(19,20)63(10,11)12)38-56(66)74-58-44(6)57-54(72-53(58)36-43(5)69-16)39-55(79-68)52(73-57)32-33-78-67/h27,31,41,43-55,57-61,65H,1,4,24-26,28-30,32-39H2,2-3,5-22H3/b31-27+/t41-,43?,44-,45+,46?,47?,48?,49-,50-,51-,52+,53-,54-,55+,57-,58+,59-,60+,61-/m0/s1. The van der Waals surface area contributed by atoms with Gasteiger partial charge in [-0.3, -0.25) is 13.9 Å². The fraction of sp³-hybridized carbons (Fsp3) is 0.875. The van der Waals surface area contributed by atoms with Crippen molar-refractivity contribution in [3.05, 3.63) is 42.2 Å². The summed E-state index contributed by atoms with van der Waals surface area (Å²) >= 11 is 0. The summed E-state index contributed by atoms with van der Waals surface area (Å²) in [6.45, 7) is 51.0. The number of methoxy groups -OCH3 is 1. The van der Waals surface area contributed by atoms with E-state index in [-0.39, 0.29) is 111 Å². The molecule has 19 atom stereocenters. The molecule has 4 saturated heterocycles. The third kappa shape index (κ3) is 19.0.